The zero-order valence-electron chi connectivity index (χ0n) is 17.2. The van der Waals surface area contributed by atoms with Gasteiger partial charge in [-0.2, -0.15) is 0 Å². The summed E-state index contributed by atoms with van der Waals surface area (Å²) in [6, 6.07) is 7.31. The van der Waals surface area contributed by atoms with Crippen molar-refractivity contribution in [1.82, 2.24) is 5.32 Å². The normalized spacial score (nSPS) is 30.0. The topological polar surface area (TPSA) is 67.8 Å². The number of carbonyl (C=O) groups is 2. The highest BCUT2D eigenvalue weighted by molar-refractivity contribution is 6.02. The molecule has 0 saturated heterocycles. The van der Waals surface area contributed by atoms with Gasteiger partial charge in [0.25, 0.3) is 0 Å². The molecule has 2 fully saturated rings. The molecule has 1 N–H and O–H groups in total. The predicted molar refractivity (Wildman–Crippen MR) is 105 cm³/mol. The highest BCUT2D eigenvalue weighted by Crippen LogP contribution is 2.71. The average Bonchev–Trinajstić information content (AvgIpc) is 2.90. The van der Waals surface area contributed by atoms with Gasteiger partial charge in [-0.05, 0) is 51.2 Å². The van der Waals surface area contributed by atoms with Gasteiger partial charge < -0.3 is 10.2 Å². The molecule has 146 valence electrons. The van der Waals surface area contributed by atoms with Gasteiger partial charge in [0, 0.05) is 17.9 Å². The zero-order valence-corrected chi connectivity index (χ0v) is 17.2. The number of benzene rings is 1. The van der Waals surface area contributed by atoms with Crippen LogP contribution in [0.3, 0.4) is 0 Å². The minimum absolute atomic E-state index is 0.0845. The van der Waals surface area contributed by atoms with Gasteiger partial charge in [0.2, 0.25) is 5.91 Å². The lowest BCUT2D eigenvalue weighted by atomic mass is 9.64. The maximum Gasteiger partial charge on any atom is 0.365 e. The van der Waals surface area contributed by atoms with Crippen LogP contribution >= 0.6 is 0 Å². The Morgan fingerprint density at radius 3 is 2.33 bits per heavy atom. The zero-order chi connectivity index (χ0) is 20.0. The van der Waals surface area contributed by atoms with E-state index in [1.807, 2.05) is 32.9 Å². The Balaban J connectivity index is 1.85. The molecular formula is C22H30N2O3. The first-order valence-electron chi connectivity index (χ1n) is 9.70. The van der Waals surface area contributed by atoms with Crippen molar-refractivity contribution in [3.8, 4) is 0 Å². The SMILES string of the molecule is Cc1ccc(C(=O)ON=C2CC3(C(=O)NC(C)C)CCC2(C)C3(C)C)cc1. The summed E-state index contributed by atoms with van der Waals surface area (Å²) in [5.41, 5.74) is 1.37. The Morgan fingerprint density at radius 1 is 1.11 bits per heavy atom. The minimum atomic E-state index is -0.499. The highest BCUT2D eigenvalue weighted by atomic mass is 16.7. The quantitative estimate of drug-likeness (QED) is 0.636. The van der Waals surface area contributed by atoms with Crippen LogP contribution in [0.5, 0.6) is 0 Å². The fourth-order valence-corrected chi connectivity index (χ4v) is 4.76. The lowest BCUT2D eigenvalue weighted by Crippen LogP contribution is -2.48. The molecule has 0 radical (unpaired) electrons. The molecule has 1 aromatic rings. The molecule has 2 atom stereocenters. The Bertz CT molecular complexity index is 794. The van der Waals surface area contributed by atoms with E-state index in [0.717, 1.165) is 24.1 Å². The lowest BCUT2D eigenvalue weighted by Gasteiger charge is -2.39. The highest BCUT2D eigenvalue weighted by Gasteiger charge is 2.71. The van der Waals surface area contributed by atoms with E-state index in [0.29, 0.717) is 12.0 Å². The maximum atomic E-state index is 13.1. The second-order valence-electron chi connectivity index (χ2n) is 9.13. The Kier molecular flexibility index (Phi) is 4.69. The summed E-state index contributed by atoms with van der Waals surface area (Å²) >= 11 is 0. The minimum Gasteiger partial charge on any atom is -0.353 e. The fourth-order valence-electron chi connectivity index (χ4n) is 4.76. The van der Waals surface area contributed by atoms with Crippen molar-refractivity contribution in [1.29, 1.82) is 0 Å². The molecule has 0 aliphatic heterocycles. The van der Waals surface area contributed by atoms with Gasteiger partial charge in [0.15, 0.2) is 0 Å². The number of hydrogen-bond donors (Lipinski definition) is 1. The van der Waals surface area contributed by atoms with Crippen molar-refractivity contribution in [3.63, 3.8) is 0 Å². The Labute approximate surface area is 161 Å². The van der Waals surface area contributed by atoms with Crippen LogP contribution in [-0.4, -0.2) is 23.6 Å². The van der Waals surface area contributed by atoms with Crippen LogP contribution in [0.1, 0.15) is 69.8 Å². The third kappa shape index (κ3) is 2.88. The molecule has 3 rings (SSSR count). The maximum absolute atomic E-state index is 13.1. The van der Waals surface area contributed by atoms with Crippen LogP contribution in [0.25, 0.3) is 0 Å². The van der Waals surface area contributed by atoms with Crippen LogP contribution in [-0.2, 0) is 9.63 Å². The summed E-state index contributed by atoms with van der Waals surface area (Å²) in [5.74, 6) is -0.381. The number of nitrogens with zero attached hydrogens (tertiary/aromatic N) is 1. The number of hydrogen-bond acceptors (Lipinski definition) is 4. The van der Waals surface area contributed by atoms with Crippen molar-refractivity contribution in [3.05, 3.63) is 35.4 Å². The smallest absolute Gasteiger partial charge is 0.353 e. The van der Waals surface area contributed by atoms with Crippen LogP contribution in [0.15, 0.2) is 29.4 Å². The van der Waals surface area contributed by atoms with Gasteiger partial charge in [-0.1, -0.05) is 43.6 Å². The number of oxime groups is 1. The average molecular weight is 370 g/mol. The standard InChI is InChI=1S/C22H30N2O3/c1-14(2)23-19(26)22-12-11-21(6,20(22,4)5)17(13-22)24-27-18(25)16-9-7-15(3)8-10-16/h7-10,14H,11-13H2,1-6H3,(H,23,26). The molecule has 2 unspecified atom stereocenters. The summed E-state index contributed by atoms with van der Waals surface area (Å²) in [6.45, 7) is 12.3. The van der Waals surface area contributed by atoms with E-state index < -0.39 is 11.4 Å². The molecule has 27 heavy (non-hydrogen) atoms. The van der Waals surface area contributed by atoms with Crippen molar-refractivity contribution >= 4 is 17.6 Å². The van der Waals surface area contributed by atoms with Gasteiger partial charge in [0.1, 0.15) is 0 Å². The summed E-state index contributed by atoms with van der Waals surface area (Å²) in [5, 5.41) is 7.36. The molecular weight excluding hydrogens is 340 g/mol. The molecule has 2 bridgehead atoms. The monoisotopic (exact) mass is 370 g/mol. The van der Waals surface area contributed by atoms with E-state index in [2.05, 4.69) is 31.2 Å². The number of nitrogens with one attached hydrogen (secondary N) is 1. The molecule has 5 nitrogen and oxygen atoms in total. The third-order valence-corrected chi connectivity index (χ3v) is 7.11. The van der Waals surface area contributed by atoms with Crippen LogP contribution < -0.4 is 5.32 Å². The van der Waals surface area contributed by atoms with Crippen LogP contribution in [0.4, 0.5) is 0 Å². The van der Waals surface area contributed by atoms with Crippen molar-refractivity contribution in [2.75, 3.05) is 0 Å². The van der Waals surface area contributed by atoms with Crippen molar-refractivity contribution < 1.29 is 14.4 Å². The summed E-state index contributed by atoms with van der Waals surface area (Å²) in [6.07, 6.45) is 2.24. The molecule has 5 heteroatoms. The van der Waals surface area contributed by atoms with Gasteiger partial charge in [-0.15, -0.1) is 0 Å². The first-order chi connectivity index (χ1) is 12.5. The van der Waals surface area contributed by atoms with Crippen LogP contribution in [0, 0.1) is 23.2 Å². The number of rotatable bonds is 4. The molecule has 0 heterocycles. The third-order valence-electron chi connectivity index (χ3n) is 7.11. The number of amides is 1. The summed E-state index contributed by atoms with van der Waals surface area (Å²) in [4.78, 5) is 30.7. The van der Waals surface area contributed by atoms with E-state index in [4.69, 9.17) is 4.84 Å². The summed E-state index contributed by atoms with van der Waals surface area (Å²) in [7, 11) is 0. The molecule has 1 aromatic carbocycles. The molecule has 2 aliphatic rings. The van der Waals surface area contributed by atoms with E-state index in [1.165, 1.54) is 0 Å². The van der Waals surface area contributed by atoms with Crippen LogP contribution in [0.2, 0.25) is 0 Å². The second-order valence-corrected chi connectivity index (χ2v) is 9.13. The number of carbonyl (C=O) groups excluding carboxylic acids is 2. The van der Waals surface area contributed by atoms with Crippen molar-refractivity contribution in [2.45, 2.75) is 66.8 Å². The van der Waals surface area contributed by atoms with E-state index in [-0.39, 0.29) is 22.8 Å². The Hall–Kier alpha value is -2.17. The van der Waals surface area contributed by atoms with Gasteiger partial charge in [0.05, 0.1) is 16.7 Å². The Morgan fingerprint density at radius 2 is 1.74 bits per heavy atom. The lowest BCUT2D eigenvalue weighted by molar-refractivity contribution is -0.136. The fraction of sp³-hybridized carbons (Fsp3) is 0.591. The molecule has 0 spiro atoms. The molecule has 2 saturated carbocycles. The largest absolute Gasteiger partial charge is 0.365 e. The van der Waals surface area contributed by atoms with Gasteiger partial charge >= 0.3 is 5.97 Å². The first-order valence-corrected chi connectivity index (χ1v) is 9.70. The molecule has 2 aliphatic carbocycles. The van der Waals surface area contributed by atoms with Crippen molar-refractivity contribution in [2.24, 2.45) is 21.4 Å². The predicted octanol–water partition coefficient (Wildman–Crippen LogP) is 4.25. The van der Waals surface area contributed by atoms with Gasteiger partial charge in [-0.3, -0.25) is 4.79 Å². The van der Waals surface area contributed by atoms with E-state index in [9.17, 15) is 9.59 Å². The molecule has 0 aromatic heterocycles. The number of aryl methyl sites for hydroxylation is 1. The second kappa shape index (κ2) is 6.47. The number of fused-ring (bicyclic) bond motifs is 2. The summed E-state index contributed by atoms with van der Waals surface area (Å²) < 4.78 is 0. The molecule has 1 amide bonds. The van der Waals surface area contributed by atoms with E-state index >= 15 is 0 Å². The van der Waals surface area contributed by atoms with Gasteiger partial charge in [-0.25, -0.2) is 4.79 Å². The first kappa shape index (κ1) is 19.6. The van der Waals surface area contributed by atoms with E-state index in [1.54, 1.807) is 12.1 Å².